The molecule has 23 heavy (non-hydrogen) atoms. The number of thiophene rings is 1. The fourth-order valence-corrected chi connectivity index (χ4v) is 2.97. The van der Waals surface area contributed by atoms with Gasteiger partial charge in [0.1, 0.15) is 0 Å². The first kappa shape index (κ1) is 17.0. The minimum absolute atomic E-state index is 0.0462. The summed E-state index contributed by atoms with van der Waals surface area (Å²) in [7, 11) is 4.69. The number of nitrogens with zero attached hydrogens (tertiary/aromatic N) is 3. The van der Waals surface area contributed by atoms with E-state index in [0.29, 0.717) is 5.56 Å². The van der Waals surface area contributed by atoms with Gasteiger partial charge in [-0.25, -0.2) is 4.79 Å². The van der Waals surface area contributed by atoms with Crippen LogP contribution in [0.15, 0.2) is 39.4 Å². The van der Waals surface area contributed by atoms with Gasteiger partial charge in [-0.3, -0.25) is 14.2 Å². The van der Waals surface area contributed by atoms with Crippen LogP contribution in [0.2, 0.25) is 0 Å². The molecule has 0 radical (unpaired) electrons. The Morgan fingerprint density at radius 2 is 2.04 bits per heavy atom. The molecule has 1 unspecified atom stereocenters. The van der Waals surface area contributed by atoms with Crippen LogP contribution in [-0.2, 0) is 18.9 Å². The van der Waals surface area contributed by atoms with Gasteiger partial charge in [-0.2, -0.15) is 0 Å². The lowest BCUT2D eigenvalue weighted by Gasteiger charge is -2.22. The maximum atomic E-state index is 12.3. The van der Waals surface area contributed by atoms with Crippen molar-refractivity contribution in [2.75, 3.05) is 7.05 Å². The molecule has 0 aromatic carbocycles. The van der Waals surface area contributed by atoms with E-state index in [2.05, 4.69) is 0 Å². The average Bonchev–Trinajstić information content (AvgIpc) is 3.07. The molecule has 122 valence electrons. The van der Waals surface area contributed by atoms with Crippen LogP contribution in [0.3, 0.4) is 0 Å². The van der Waals surface area contributed by atoms with E-state index < -0.39 is 11.2 Å². The molecule has 2 heterocycles. The molecule has 0 aliphatic rings. The van der Waals surface area contributed by atoms with E-state index in [4.69, 9.17) is 0 Å². The van der Waals surface area contributed by atoms with Gasteiger partial charge < -0.3 is 9.47 Å². The highest BCUT2D eigenvalue weighted by Crippen LogP contribution is 2.23. The van der Waals surface area contributed by atoms with Gasteiger partial charge in [0.2, 0.25) is 5.91 Å². The molecule has 0 N–H and O–H groups in total. The van der Waals surface area contributed by atoms with Crippen LogP contribution in [0.5, 0.6) is 0 Å². The number of rotatable bonds is 4. The van der Waals surface area contributed by atoms with Crippen molar-refractivity contribution in [2.24, 2.45) is 14.1 Å². The summed E-state index contributed by atoms with van der Waals surface area (Å²) in [5.41, 5.74) is -0.534. The van der Waals surface area contributed by atoms with E-state index in [1.165, 1.54) is 30.0 Å². The average molecular weight is 333 g/mol. The molecule has 7 heteroatoms. The Bertz CT molecular complexity index is 846. The first-order valence-corrected chi connectivity index (χ1v) is 7.96. The molecule has 0 fully saturated rings. The number of hydrogen-bond acceptors (Lipinski definition) is 4. The lowest BCUT2D eigenvalue weighted by atomic mass is 10.2. The number of aryl methyl sites for hydroxylation is 1. The van der Waals surface area contributed by atoms with Crippen LogP contribution in [0.1, 0.15) is 23.4 Å². The molecule has 6 nitrogen and oxygen atoms in total. The zero-order valence-corrected chi connectivity index (χ0v) is 14.3. The van der Waals surface area contributed by atoms with Gasteiger partial charge in [-0.15, -0.1) is 11.3 Å². The Balaban J connectivity index is 2.22. The van der Waals surface area contributed by atoms with Gasteiger partial charge in [-0.1, -0.05) is 6.07 Å². The van der Waals surface area contributed by atoms with Gasteiger partial charge in [0.25, 0.3) is 5.56 Å². The predicted molar refractivity (Wildman–Crippen MR) is 91.5 cm³/mol. The molecule has 0 saturated heterocycles. The van der Waals surface area contributed by atoms with Crippen molar-refractivity contribution < 1.29 is 4.79 Å². The molecule has 2 rings (SSSR count). The first-order valence-electron chi connectivity index (χ1n) is 7.08. The fraction of sp³-hybridized carbons (Fsp3) is 0.312. The molecule has 2 aromatic rings. The summed E-state index contributed by atoms with van der Waals surface area (Å²) in [5, 5.41) is 1.97. The highest BCUT2D eigenvalue weighted by molar-refractivity contribution is 7.10. The molecule has 1 amide bonds. The third kappa shape index (κ3) is 3.50. The van der Waals surface area contributed by atoms with E-state index >= 15 is 0 Å². The molecule has 0 aliphatic heterocycles. The third-order valence-corrected chi connectivity index (χ3v) is 4.80. The first-order chi connectivity index (χ1) is 10.8. The highest BCUT2D eigenvalue weighted by atomic mass is 32.1. The maximum Gasteiger partial charge on any atom is 0.330 e. The van der Waals surface area contributed by atoms with Crippen molar-refractivity contribution in [1.29, 1.82) is 0 Å². The second-order valence-electron chi connectivity index (χ2n) is 5.32. The fourth-order valence-electron chi connectivity index (χ4n) is 2.14. The van der Waals surface area contributed by atoms with Gasteiger partial charge in [0, 0.05) is 38.3 Å². The van der Waals surface area contributed by atoms with E-state index in [0.717, 1.165) is 9.44 Å². The second-order valence-corrected chi connectivity index (χ2v) is 6.30. The van der Waals surface area contributed by atoms with E-state index in [1.54, 1.807) is 30.3 Å². The Labute approximate surface area is 137 Å². The smallest absolute Gasteiger partial charge is 0.330 e. The number of amides is 1. The van der Waals surface area contributed by atoms with Crippen molar-refractivity contribution >= 4 is 23.3 Å². The summed E-state index contributed by atoms with van der Waals surface area (Å²) in [6, 6.07) is 3.87. The standard InChI is InChI=1S/C16H19N3O3S/c1-11(13-6-5-9-23-13)18(3)14(20)8-7-12-10-17(2)16(22)19(4)15(12)21/h5-11H,1-4H3/b8-7+. The number of hydrogen-bond donors (Lipinski definition) is 0. The zero-order chi connectivity index (χ0) is 17.1. The van der Waals surface area contributed by atoms with E-state index in [-0.39, 0.29) is 11.9 Å². The number of likely N-dealkylation sites (N-methyl/N-ethyl adjacent to an activating group) is 1. The van der Waals surface area contributed by atoms with Crippen LogP contribution in [0.25, 0.3) is 6.08 Å². The van der Waals surface area contributed by atoms with Crippen LogP contribution in [0.4, 0.5) is 0 Å². The lowest BCUT2D eigenvalue weighted by Crippen LogP contribution is -2.37. The van der Waals surface area contributed by atoms with E-state index in [1.807, 2.05) is 24.4 Å². The number of carbonyl (C=O) groups is 1. The van der Waals surface area contributed by atoms with Gasteiger partial charge in [0.05, 0.1) is 11.6 Å². The topological polar surface area (TPSA) is 64.3 Å². The molecule has 2 aromatic heterocycles. The molecule has 0 spiro atoms. The monoisotopic (exact) mass is 333 g/mol. The maximum absolute atomic E-state index is 12.3. The number of aromatic nitrogens is 2. The normalized spacial score (nSPS) is 12.5. The second kappa shape index (κ2) is 6.78. The predicted octanol–water partition coefficient (Wildman–Crippen LogP) is 1.38. The quantitative estimate of drug-likeness (QED) is 0.794. The largest absolute Gasteiger partial charge is 0.335 e. The summed E-state index contributed by atoms with van der Waals surface area (Å²) in [6.07, 6.45) is 4.23. The summed E-state index contributed by atoms with van der Waals surface area (Å²) in [6.45, 7) is 1.95. The summed E-state index contributed by atoms with van der Waals surface area (Å²) in [4.78, 5) is 38.6. The van der Waals surface area contributed by atoms with Crippen LogP contribution < -0.4 is 11.2 Å². The van der Waals surface area contributed by atoms with Crippen molar-refractivity contribution in [3.63, 3.8) is 0 Å². The third-order valence-electron chi connectivity index (χ3n) is 3.76. The molecule has 0 bridgehead atoms. The zero-order valence-electron chi connectivity index (χ0n) is 13.5. The Kier molecular flexibility index (Phi) is 5.00. The molecular formula is C16H19N3O3S. The number of carbonyl (C=O) groups excluding carboxylic acids is 1. The van der Waals surface area contributed by atoms with Gasteiger partial charge in [-0.05, 0) is 24.4 Å². The van der Waals surface area contributed by atoms with Crippen molar-refractivity contribution in [3.05, 3.63) is 61.1 Å². The minimum Gasteiger partial charge on any atom is -0.335 e. The van der Waals surface area contributed by atoms with Crippen molar-refractivity contribution in [2.45, 2.75) is 13.0 Å². The molecule has 1 atom stereocenters. The summed E-state index contributed by atoms with van der Waals surface area (Å²) in [5.74, 6) is -0.207. The van der Waals surface area contributed by atoms with Crippen LogP contribution >= 0.6 is 11.3 Å². The van der Waals surface area contributed by atoms with Gasteiger partial charge in [0.15, 0.2) is 0 Å². The lowest BCUT2D eigenvalue weighted by molar-refractivity contribution is -0.126. The summed E-state index contributed by atoms with van der Waals surface area (Å²) < 4.78 is 2.33. The summed E-state index contributed by atoms with van der Waals surface area (Å²) >= 11 is 1.59. The Morgan fingerprint density at radius 3 is 2.65 bits per heavy atom. The minimum atomic E-state index is -0.425. The van der Waals surface area contributed by atoms with Crippen molar-refractivity contribution in [3.8, 4) is 0 Å². The Hall–Kier alpha value is -2.41. The van der Waals surface area contributed by atoms with E-state index in [9.17, 15) is 14.4 Å². The van der Waals surface area contributed by atoms with Gasteiger partial charge >= 0.3 is 5.69 Å². The molecule has 0 saturated carbocycles. The Morgan fingerprint density at radius 1 is 1.35 bits per heavy atom. The SMILES string of the molecule is CC(c1cccs1)N(C)C(=O)/C=C/c1cn(C)c(=O)n(C)c1=O. The van der Waals surface area contributed by atoms with Crippen molar-refractivity contribution in [1.82, 2.24) is 14.0 Å². The highest BCUT2D eigenvalue weighted by Gasteiger charge is 2.16. The van der Waals surface area contributed by atoms with Crippen LogP contribution in [-0.4, -0.2) is 27.0 Å². The molecule has 0 aliphatic carbocycles. The molecular weight excluding hydrogens is 314 g/mol. The van der Waals surface area contributed by atoms with Crippen LogP contribution in [0, 0.1) is 0 Å².